The van der Waals surface area contributed by atoms with Gasteiger partial charge in [0.2, 0.25) is 5.91 Å². The first kappa shape index (κ1) is 17.2. The number of benzene rings is 1. The van der Waals surface area contributed by atoms with Crippen molar-refractivity contribution in [2.45, 2.75) is 31.7 Å². The zero-order valence-electron chi connectivity index (χ0n) is 16.4. The fourth-order valence-electron chi connectivity index (χ4n) is 4.42. The maximum atomic E-state index is 12.9. The molecule has 0 N–H and O–H groups in total. The van der Waals surface area contributed by atoms with Crippen LogP contribution in [0.3, 0.4) is 0 Å². The molecule has 2 aromatic heterocycles. The van der Waals surface area contributed by atoms with E-state index in [2.05, 4.69) is 44.1 Å². The van der Waals surface area contributed by atoms with Crippen LogP contribution in [-0.4, -0.2) is 51.8 Å². The van der Waals surface area contributed by atoms with E-state index in [9.17, 15) is 4.79 Å². The maximum Gasteiger partial charge on any atom is 0.227 e. The molecule has 0 radical (unpaired) electrons. The number of hydrogen-bond acceptors (Lipinski definition) is 4. The van der Waals surface area contributed by atoms with Crippen molar-refractivity contribution in [3.63, 3.8) is 0 Å². The van der Waals surface area contributed by atoms with Gasteiger partial charge in [0.1, 0.15) is 0 Å². The molecule has 28 heavy (non-hydrogen) atoms. The van der Waals surface area contributed by atoms with Gasteiger partial charge in [0.15, 0.2) is 5.82 Å². The highest BCUT2D eigenvalue weighted by molar-refractivity contribution is 5.89. The molecule has 0 bridgehead atoms. The van der Waals surface area contributed by atoms with Gasteiger partial charge in [-0.2, -0.15) is 5.10 Å². The molecular weight excluding hydrogens is 350 g/mol. The van der Waals surface area contributed by atoms with Crippen molar-refractivity contribution in [2.24, 2.45) is 7.05 Å². The molecule has 1 aromatic carbocycles. The molecule has 0 saturated carbocycles. The lowest BCUT2D eigenvalue weighted by Gasteiger charge is -2.44. The SMILES string of the molecule is CN(C(=O)Cc1cn(C)c2ccccc12)C1CN(c2cc3c(nn2)CCC3)C1. The molecule has 2 aliphatic rings. The summed E-state index contributed by atoms with van der Waals surface area (Å²) < 4.78 is 2.09. The fourth-order valence-corrected chi connectivity index (χ4v) is 4.42. The third-order valence-corrected chi connectivity index (χ3v) is 6.26. The predicted molar refractivity (Wildman–Crippen MR) is 109 cm³/mol. The number of para-hydroxylation sites is 1. The third-order valence-electron chi connectivity index (χ3n) is 6.26. The van der Waals surface area contributed by atoms with Gasteiger partial charge in [0, 0.05) is 44.3 Å². The van der Waals surface area contributed by atoms with Crippen molar-refractivity contribution >= 4 is 22.6 Å². The Labute approximate surface area is 164 Å². The van der Waals surface area contributed by atoms with Crippen molar-refractivity contribution in [3.8, 4) is 0 Å². The van der Waals surface area contributed by atoms with Crippen LogP contribution in [0.2, 0.25) is 0 Å². The van der Waals surface area contributed by atoms with Crippen molar-refractivity contribution in [1.82, 2.24) is 19.7 Å². The highest BCUT2D eigenvalue weighted by Gasteiger charge is 2.34. The number of nitrogens with zero attached hydrogens (tertiary/aromatic N) is 5. The van der Waals surface area contributed by atoms with Crippen LogP contribution < -0.4 is 4.90 Å². The minimum Gasteiger partial charge on any atom is -0.351 e. The summed E-state index contributed by atoms with van der Waals surface area (Å²) in [4.78, 5) is 17.0. The van der Waals surface area contributed by atoms with E-state index >= 15 is 0 Å². The molecule has 3 aromatic rings. The van der Waals surface area contributed by atoms with E-state index in [-0.39, 0.29) is 11.9 Å². The zero-order valence-corrected chi connectivity index (χ0v) is 16.4. The number of anilines is 1. The number of likely N-dealkylation sites (N-methyl/N-ethyl adjacent to an activating group) is 1. The van der Waals surface area contributed by atoms with E-state index in [1.54, 1.807) is 0 Å². The van der Waals surface area contributed by atoms with E-state index < -0.39 is 0 Å². The Balaban J connectivity index is 1.24. The third kappa shape index (κ3) is 2.84. The average Bonchev–Trinajstić information content (AvgIpc) is 3.25. The van der Waals surface area contributed by atoms with Gasteiger partial charge in [-0.15, -0.1) is 5.10 Å². The second kappa shape index (κ2) is 6.62. The number of hydrogen-bond donors (Lipinski definition) is 0. The lowest BCUT2D eigenvalue weighted by Crippen LogP contribution is -2.60. The topological polar surface area (TPSA) is 54.3 Å². The summed E-state index contributed by atoms with van der Waals surface area (Å²) in [6.07, 6.45) is 5.85. The smallest absolute Gasteiger partial charge is 0.227 e. The number of amides is 1. The van der Waals surface area contributed by atoms with Crippen LogP contribution in [0.15, 0.2) is 36.5 Å². The Kier molecular flexibility index (Phi) is 4.07. The standard InChI is InChI=1S/C22H25N5O/c1-25-12-16(18-7-3-4-9-20(18)25)11-22(28)26(2)17-13-27(14-17)21-10-15-6-5-8-19(15)23-24-21/h3-4,7,9-10,12,17H,5-6,8,11,13-14H2,1-2H3. The summed E-state index contributed by atoms with van der Waals surface area (Å²) in [5.41, 5.74) is 4.76. The van der Waals surface area contributed by atoms with E-state index in [4.69, 9.17) is 0 Å². The van der Waals surface area contributed by atoms with Crippen LogP contribution in [0, 0.1) is 0 Å². The van der Waals surface area contributed by atoms with Gasteiger partial charge in [0.25, 0.3) is 0 Å². The molecule has 144 valence electrons. The molecule has 0 unspecified atom stereocenters. The molecule has 1 saturated heterocycles. The Morgan fingerprint density at radius 2 is 2.04 bits per heavy atom. The van der Waals surface area contributed by atoms with Gasteiger partial charge >= 0.3 is 0 Å². The van der Waals surface area contributed by atoms with Crippen LogP contribution in [0.5, 0.6) is 0 Å². The minimum absolute atomic E-state index is 0.168. The summed E-state index contributed by atoms with van der Waals surface area (Å²) in [6.45, 7) is 1.65. The van der Waals surface area contributed by atoms with Crippen LogP contribution >= 0.6 is 0 Å². The van der Waals surface area contributed by atoms with Crippen LogP contribution in [-0.2, 0) is 31.1 Å². The van der Waals surface area contributed by atoms with Gasteiger partial charge in [-0.25, -0.2) is 0 Å². The second-order valence-electron chi connectivity index (χ2n) is 8.05. The number of rotatable bonds is 4. The van der Waals surface area contributed by atoms with E-state index in [1.807, 2.05) is 31.1 Å². The second-order valence-corrected chi connectivity index (χ2v) is 8.05. The van der Waals surface area contributed by atoms with Gasteiger partial charge in [-0.3, -0.25) is 4.79 Å². The first-order valence-electron chi connectivity index (χ1n) is 9.99. The van der Waals surface area contributed by atoms with E-state index in [0.29, 0.717) is 6.42 Å². The highest BCUT2D eigenvalue weighted by atomic mass is 16.2. The van der Waals surface area contributed by atoms with Gasteiger partial charge in [0.05, 0.1) is 18.2 Å². The first-order valence-corrected chi connectivity index (χ1v) is 9.99. The molecule has 3 heterocycles. The molecule has 1 fully saturated rings. The fraction of sp³-hybridized carbons (Fsp3) is 0.409. The van der Waals surface area contributed by atoms with Gasteiger partial charge in [-0.1, -0.05) is 18.2 Å². The van der Waals surface area contributed by atoms with Crippen LogP contribution in [0.1, 0.15) is 23.2 Å². The Morgan fingerprint density at radius 3 is 2.89 bits per heavy atom. The maximum absolute atomic E-state index is 12.9. The molecule has 1 aliphatic carbocycles. The largest absolute Gasteiger partial charge is 0.351 e. The Hall–Kier alpha value is -2.89. The lowest BCUT2D eigenvalue weighted by atomic mass is 10.1. The summed E-state index contributed by atoms with van der Waals surface area (Å²) in [5, 5.41) is 9.93. The van der Waals surface area contributed by atoms with Crippen LogP contribution in [0.25, 0.3) is 10.9 Å². The Bertz CT molecular complexity index is 1050. The zero-order chi connectivity index (χ0) is 19.3. The van der Waals surface area contributed by atoms with Crippen molar-refractivity contribution in [1.29, 1.82) is 0 Å². The minimum atomic E-state index is 0.168. The molecule has 1 amide bonds. The Morgan fingerprint density at radius 1 is 1.21 bits per heavy atom. The quantitative estimate of drug-likeness (QED) is 0.702. The molecule has 0 atom stereocenters. The molecular formula is C22H25N5O. The molecule has 5 rings (SSSR count). The van der Waals surface area contributed by atoms with Gasteiger partial charge < -0.3 is 14.4 Å². The number of aryl methyl sites for hydroxylation is 3. The summed E-state index contributed by atoms with van der Waals surface area (Å²) in [6, 6.07) is 10.7. The molecule has 6 nitrogen and oxygen atoms in total. The van der Waals surface area contributed by atoms with Gasteiger partial charge in [-0.05, 0) is 42.5 Å². The summed E-state index contributed by atoms with van der Waals surface area (Å²) in [7, 11) is 3.95. The highest BCUT2D eigenvalue weighted by Crippen LogP contribution is 2.27. The number of carbonyl (C=O) groups is 1. The number of fused-ring (bicyclic) bond motifs is 2. The lowest BCUT2D eigenvalue weighted by molar-refractivity contribution is -0.131. The van der Waals surface area contributed by atoms with E-state index in [0.717, 1.165) is 53.9 Å². The molecule has 6 heteroatoms. The monoisotopic (exact) mass is 375 g/mol. The van der Waals surface area contributed by atoms with Crippen molar-refractivity contribution in [2.75, 3.05) is 25.0 Å². The summed E-state index contributed by atoms with van der Waals surface area (Å²) >= 11 is 0. The van der Waals surface area contributed by atoms with Crippen LogP contribution in [0.4, 0.5) is 5.82 Å². The first-order chi connectivity index (χ1) is 13.6. The molecule has 1 aliphatic heterocycles. The van der Waals surface area contributed by atoms with Crippen molar-refractivity contribution < 1.29 is 4.79 Å². The normalized spacial score (nSPS) is 16.3. The predicted octanol–water partition coefficient (Wildman–Crippen LogP) is 2.35. The molecule has 0 spiro atoms. The van der Waals surface area contributed by atoms with E-state index in [1.165, 1.54) is 12.0 Å². The number of carbonyl (C=O) groups excluding carboxylic acids is 1. The number of aromatic nitrogens is 3. The average molecular weight is 375 g/mol. The van der Waals surface area contributed by atoms with Crippen molar-refractivity contribution in [3.05, 3.63) is 53.3 Å². The summed E-state index contributed by atoms with van der Waals surface area (Å²) in [5.74, 6) is 1.12.